The first-order valence-electron chi connectivity index (χ1n) is 10.4. The van der Waals surface area contributed by atoms with Gasteiger partial charge in [0.15, 0.2) is 0 Å². The van der Waals surface area contributed by atoms with E-state index in [0.29, 0.717) is 28.9 Å². The van der Waals surface area contributed by atoms with E-state index in [2.05, 4.69) is 10.5 Å². The van der Waals surface area contributed by atoms with E-state index in [0.717, 1.165) is 23.1 Å². The lowest BCUT2D eigenvalue weighted by atomic mass is 10.0. The molecule has 0 aliphatic heterocycles. The Morgan fingerprint density at radius 1 is 1.18 bits per heavy atom. The van der Waals surface area contributed by atoms with Crippen LogP contribution in [-0.2, 0) is 4.74 Å². The fourth-order valence-electron chi connectivity index (χ4n) is 3.87. The van der Waals surface area contributed by atoms with Gasteiger partial charge < -0.3 is 9.75 Å². The molecule has 0 atom stereocenters. The average Bonchev–Trinajstić information content (AvgIpc) is 3.22. The van der Waals surface area contributed by atoms with Gasteiger partial charge in [0.25, 0.3) is 0 Å². The second-order valence-corrected chi connectivity index (χ2v) is 7.34. The number of carbonyl (C=O) groups excluding carboxylic acids is 2. The van der Waals surface area contributed by atoms with Crippen LogP contribution in [0.3, 0.4) is 0 Å². The number of nitrogens with one attached hydrogen (secondary N) is 1. The van der Waals surface area contributed by atoms with Crippen molar-refractivity contribution < 1.29 is 18.7 Å². The summed E-state index contributed by atoms with van der Waals surface area (Å²) < 4.78 is 20.2. The molecule has 1 N–H and O–H groups in total. The molecule has 0 spiro atoms. The smallest absolute Gasteiger partial charge is 0.342 e. The number of aromatic nitrogens is 2. The molecule has 2 heterocycles. The number of esters is 1. The Labute approximate surface area is 190 Å². The first-order valence-corrected chi connectivity index (χ1v) is 10.4. The maximum absolute atomic E-state index is 13.5. The minimum atomic E-state index is -0.550. The van der Waals surface area contributed by atoms with Gasteiger partial charge in [-0.1, -0.05) is 18.2 Å². The zero-order valence-electron chi connectivity index (χ0n) is 18.5. The van der Waals surface area contributed by atoms with E-state index in [9.17, 15) is 14.0 Å². The first-order chi connectivity index (χ1) is 16.0. The Morgan fingerprint density at radius 3 is 2.58 bits per heavy atom. The fourth-order valence-corrected chi connectivity index (χ4v) is 3.87. The second kappa shape index (κ2) is 9.22. The third kappa shape index (κ3) is 4.08. The van der Waals surface area contributed by atoms with Crippen molar-refractivity contribution in [1.82, 2.24) is 15.0 Å². The number of rotatable bonds is 7. The van der Waals surface area contributed by atoms with Crippen LogP contribution in [-0.4, -0.2) is 42.6 Å². The lowest BCUT2D eigenvalue weighted by molar-refractivity contribution is 0.0603. The Balaban J connectivity index is 2.05. The lowest BCUT2D eigenvalue weighted by Gasteiger charge is -2.25. The highest BCUT2D eigenvalue weighted by atomic mass is 19.1. The number of hydrogen-bond donors (Lipinski definition) is 1. The largest absolute Gasteiger partial charge is 0.465 e. The van der Waals surface area contributed by atoms with Crippen molar-refractivity contribution in [2.45, 2.75) is 6.92 Å². The highest BCUT2D eigenvalue weighted by molar-refractivity contribution is 6.04. The van der Waals surface area contributed by atoms with E-state index in [1.807, 2.05) is 43.4 Å². The standard InChI is InChI=1S/C25H23FN4O3/c1-4-29(27-2)22-14-30-21(13-20(22)18-7-5-6-16(12-18)15-31)23(25(32)33-3)24(28-30)17-8-10-19(26)11-9-17/h5-15,27H,4H2,1-3H3. The van der Waals surface area contributed by atoms with E-state index in [-0.39, 0.29) is 11.4 Å². The predicted molar refractivity (Wildman–Crippen MR) is 125 cm³/mol. The van der Waals surface area contributed by atoms with Crippen LogP contribution >= 0.6 is 0 Å². The molecule has 168 valence electrons. The molecule has 7 nitrogen and oxygen atoms in total. The van der Waals surface area contributed by atoms with E-state index in [1.54, 1.807) is 28.8 Å². The molecule has 8 heteroatoms. The van der Waals surface area contributed by atoms with Crippen molar-refractivity contribution in [2.24, 2.45) is 0 Å². The summed E-state index contributed by atoms with van der Waals surface area (Å²) in [6.45, 7) is 2.65. The number of halogens is 1. The van der Waals surface area contributed by atoms with Crippen molar-refractivity contribution in [3.8, 4) is 22.4 Å². The van der Waals surface area contributed by atoms with E-state index in [1.165, 1.54) is 19.2 Å². The van der Waals surface area contributed by atoms with Crippen LogP contribution in [0.25, 0.3) is 27.9 Å². The van der Waals surface area contributed by atoms with Gasteiger partial charge in [-0.05, 0) is 48.9 Å². The number of methoxy groups -OCH3 is 1. The van der Waals surface area contributed by atoms with Crippen LogP contribution < -0.4 is 10.4 Å². The highest BCUT2D eigenvalue weighted by Gasteiger charge is 2.24. The summed E-state index contributed by atoms with van der Waals surface area (Å²) in [6, 6.07) is 14.9. The molecule has 2 aromatic heterocycles. The summed E-state index contributed by atoms with van der Waals surface area (Å²) in [4.78, 5) is 24.2. The van der Waals surface area contributed by atoms with Gasteiger partial charge in [0.1, 0.15) is 23.4 Å². The van der Waals surface area contributed by atoms with Gasteiger partial charge in [0, 0.05) is 30.3 Å². The number of nitrogens with zero attached hydrogens (tertiary/aromatic N) is 3. The van der Waals surface area contributed by atoms with Crippen molar-refractivity contribution >= 4 is 23.5 Å². The number of hydrazine groups is 1. The molecule has 0 saturated heterocycles. The molecule has 0 bridgehead atoms. The van der Waals surface area contributed by atoms with E-state index >= 15 is 0 Å². The number of aldehydes is 1. The van der Waals surface area contributed by atoms with Crippen LogP contribution in [0.4, 0.5) is 10.1 Å². The van der Waals surface area contributed by atoms with Gasteiger partial charge in [0.2, 0.25) is 0 Å². The zero-order chi connectivity index (χ0) is 23.5. The number of anilines is 1. The molecule has 0 unspecified atom stereocenters. The van der Waals surface area contributed by atoms with Crippen LogP contribution in [0.15, 0.2) is 60.8 Å². The summed E-state index contributed by atoms with van der Waals surface area (Å²) >= 11 is 0. The minimum Gasteiger partial charge on any atom is -0.465 e. The summed E-state index contributed by atoms with van der Waals surface area (Å²) in [6.07, 6.45) is 2.61. The first kappa shape index (κ1) is 22.2. The molecule has 2 aromatic carbocycles. The molecule has 0 fully saturated rings. The topological polar surface area (TPSA) is 75.9 Å². The van der Waals surface area contributed by atoms with E-state index < -0.39 is 5.97 Å². The molecule has 4 aromatic rings. The molecular formula is C25H23FN4O3. The van der Waals surface area contributed by atoms with Crippen LogP contribution in [0, 0.1) is 5.82 Å². The van der Waals surface area contributed by atoms with Crippen molar-refractivity contribution in [3.63, 3.8) is 0 Å². The Hall–Kier alpha value is -4.04. The maximum Gasteiger partial charge on any atom is 0.342 e. The Bertz CT molecular complexity index is 1330. The molecule has 0 aliphatic carbocycles. The summed E-state index contributed by atoms with van der Waals surface area (Å²) in [5.41, 5.74) is 7.90. The van der Waals surface area contributed by atoms with Gasteiger partial charge in [-0.15, -0.1) is 0 Å². The molecule has 0 radical (unpaired) electrons. The number of carbonyl (C=O) groups is 2. The van der Waals surface area contributed by atoms with Crippen molar-refractivity contribution in [1.29, 1.82) is 0 Å². The van der Waals surface area contributed by atoms with Gasteiger partial charge in [-0.2, -0.15) is 5.10 Å². The summed E-state index contributed by atoms with van der Waals surface area (Å²) in [7, 11) is 3.12. The molecule has 0 saturated carbocycles. The van der Waals surface area contributed by atoms with Crippen molar-refractivity contribution in [2.75, 3.05) is 25.7 Å². The maximum atomic E-state index is 13.5. The third-order valence-corrected chi connectivity index (χ3v) is 5.47. The SMILES string of the molecule is CCN(NC)c1cn2nc(-c3ccc(F)cc3)c(C(=O)OC)c2cc1-c1cccc(C=O)c1. The average molecular weight is 446 g/mol. The second-order valence-electron chi connectivity index (χ2n) is 7.34. The minimum absolute atomic E-state index is 0.274. The number of benzene rings is 2. The van der Waals surface area contributed by atoms with Gasteiger partial charge in [-0.25, -0.2) is 19.1 Å². The molecule has 4 rings (SSSR count). The van der Waals surface area contributed by atoms with Crippen LogP contribution in [0.1, 0.15) is 27.6 Å². The Morgan fingerprint density at radius 2 is 1.94 bits per heavy atom. The number of fused-ring (bicyclic) bond motifs is 1. The van der Waals surface area contributed by atoms with Crippen molar-refractivity contribution in [3.05, 3.63) is 77.7 Å². The summed E-state index contributed by atoms with van der Waals surface area (Å²) in [5, 5.41) is 6.57. The molecule has 0 aliphatic rings. The van der Waals surface area contributed by atoms with Gasteiger partial charge >= 0.3 is 5.97 Å². The van der Waals surface area contributed by atoms with Gasteiger partial charge in [-0.3, -0.25) is 4.79 Å². The predicted octanol–water partition coefficient (Wildman–Crippen LogP) is 4.37. The normalized spacial score (nSPS) is 10.9. The summed E-state index contributed by atoms with van der Waals surface area (Å²) in [5.74, 6) is -0.931. The highest BCUT2D eigenvalue weighted by Crippen LogP contribution is 2.35. The molecular weight excluding hydrogens is 423 g/mol. The quantitative estimate of drug-likeness (QED) is 0.258. The molecule has 0 amide bonds. The number of pyridine rings is 1. The zero-order valence-corrected chi connectivity index (χ0v) is 18.5. The number of hydrogen-bond acceptors (Lipinski definition) is 6. The lowest BCUT2D eigenvalue weighted by Crippen LogP contribution is -2.35. The number of ether oxygens (including phenoxy) is 1. The molecule has 33 heavy (non-hydrogen) atoms. The third-order valence-electron chi connectivity index (χ3n) is 5.47. The fraction of sp³-hybridized carbons (Fsp3) is 0.160. The Kier molecular flexibility index (Phi) is 6.19. The van der Waals surface area contributed by atoms with Gasteiger partial charge in [0.05, 0.1) is 24.5 Å². The van der Waals surface area contributed by atoms with Crippen LogP contribution in [0.2, 0.25) is 0 Å². The monoisotopic (exact) mass is 446 g/mol. The van der Waals surface area contributed by atoms with E-state index in [4.69, 9.17) is 4.74 Å². The van der Waals surface area contributed by atoms with Crippen LogP contribution in [0.5, 0.6) is 0 Å².